The molecule has 0 aliphatic heterocycles. The first-order valence-electron chi connectivity index (χ1n) is 10.8. The SMILES string of the molecule is CCN(c1ccc2c(c1)C(C)(C)c1ccccc1-2)c1ccccc1-c1ccccc1. The van der Waals surface area contributed by atoms with Crippen LogP contribution in [0.1, 0.15) is 31.9 Å². The zero-order valence-electron chi connectivity index (χ0n) is 17.9. The summed E-state index contributed by atoms with van der Waals surface area (Å²) < 4.78 is 0. The lowest BCUT2D eigenvalue weighted by Crippen LogP contribution is -2.19. The molecule has 0 spiro atoms. The van der Waals surface area contributed by atoms with E-state index in [1.807, 2.05) is 0 Å². The number of hydrogen-bond acceptors (Lipinski definition) is 1. The molecule has 0 fully saturated rings. The van der Waals surface area contributed by atoms with Crippen LogP contribution in [-0.4, -0.2) is 6.54 Å². The molecule has 0 radical (unpaired) electrons. The van der Waals surface area contributed by atoms with Crippen LogP contribution in [0, 0.1) is 0 Å². The fourth-order valence-corrected chi connectivity index (χ4v) is 4.92. The van der Waals surface area contributed by atoms with Gasteiger partial charge >= 0.3 is 0 Å². The highest BCUT2D eigenvalue weighted by molar-refractivity contribution is 5.86. The van der Waals surface area contributed by atoms with Crippen molar-refractivity contribution in [1.82, 2.24) is 0 Å². The molecule has 1 nitrogen and oxygen atoms in total. The smallest absolute Gasteiger partial charge is 0.0490 e. The molecule has 0 saturated heterocycles. The largest absolute Gasteiger partial charge is 0.341 e. The predicted molar refractivity (Wildman–Crippen MR) is 129 cm³/mol. The second-order valence-electron chi connectivity index (χ2n) is 8.53. The van der Waals surface area contributed by atoms with E-state index in [1.165, 1.54) is 44.8 Å². The van der Waals surface area contributed by atoms with Crippen LogP contribution >= 0.6 is 0 Å². The fraction of sp³-hybridized carbons (Fsp3) is 0.172. The number of para-hydroxylation sites is 1. The molecule has 1 aliphatic rings. The minimum atomic E-state index is 0.0142. The average Bonchev–Trinajstić information content (AvgIpc) is 3.02. The molecule has 0 N–H and O–H groups in total. The summed E-state index contributed by atoms with van der Waals surface area (Å²) in [7, 11) is 0. The van der Waals surface area contributed by atoms with Crippen molar-refractivity contribution in [3.8, 4) is 22.3 Å². The topological polar surface area (TPSA) is 3.24 Å². The Hall–Kier alpha value is -3.32. The zero-order chi connectivity index (χ0) is 20.7. The highest BCUT2D eigenvalue weighted by Crippen LogP contribution is 2.50. The number of anilines is 2. The van der Waals surface area contributed by atoms with E-state index in [-0.39, 0.29) is 5.41 Å². The molecule has 0 bridgehead atoms. The fourth-order valence-electron chi connectivity index (χ4n) is 4.92. The van der Waals surface area contributed by atoms with Crippen LogP contribution in [-0.2, 0) is 5.41 Å². The Bertz CT molecular complexity index is 1200. The Kier molecular flexibility index (Phi) is 4.47. The van der Waals surface area contributed by atoms with Crippen molar-refractivity contribution in [3.63, 3.8) is 0 Å². The molecule has 0 amide bonds. The number of nitrogens with zero attached hydrogens (tertiary/aromatic N) is 1. The Morgan fingerprint density at radius 3 is 2.03 bits per heavy atom. The van der Waals surface area contributed by atoms with Gasteiger partial charge in [0.15, 0.2) is 0 Å². The van der Waals surface area contributed by atoms with E-state index in [9.17, 15) is 0 Å². The van der Waals surface area contributed by atoms with Crippen LogP contribution in [0.4, 0.5) is 11.4 Å². The van der Waals surface area contributed by atoms with E-state index in [0.717, 1.165) is 6.54 Å². The summed E-state index contributed by atoms with van der Waals surface area (Å²) in [5, 5.41) is 0. The quantitative estimate of drug-likeness (QED) is 0.344. The third-order valence-corrected chi connectivity index (χ3v) is 6.47. The first-order chi connectivity index (χ1) is 14.6. The molecule has 1 aliphatic carbocycles. The van der Waals surface area contributed by atoms with Crippen molar-refractivity contribution in [1.29, 1.82) is 0 Å². The van der Waals surface area contributed by atoms with Gasteiger partial charge in [-0.2, -0.15) is 0 Å². The number of benzene rings is 4. The Balaban J connectivity index is 1.63. The maximum atomic E-state index is 2.43. The number of rotatable bonds is 4. The summed E-state index contributed by atoms with van der Waals surface area (Å²) >= 11 is 0. The maximum Gasteiger partial charge on any atom is 0.0490 e. The van der Waals surface area contributed by atoms with Gasteiger partial charge in [0, 0.05) is 28.9 Å². The second kappa shape index (κ2) is 7.18. The lowest BCUT2D eigenvalue weighted by Gasteiger charge is -2.28. The van der Waals surface area contributed by atoms with Gasteiger partial charge in [0.2, 0.25) is 0 Å². The van der Waals surface area contributed by atoms with Crippen molar-refractivity contribution >= 4 is 11.4 Å². The van der Waals surface area contributed by atoms with E-state index < -0.39 is 0 Å². The van der Waals surface area contributed by atoms with Crippen LogP contribution < -0.4 is 4.90 Å². The van der Waals surface area contributed by atoms with Gasteiger partial charge < -0.3 is 4.90 Å². The van der Waals surface area contributed by atoms with Gasteiger partial charge in [-0.1, -0.05) is 92.7 Å². The highest BCUT2D eigenvalue weighted by Gasteiger charge is 2.35. The number of fused-ring (bicyclic) bond motifs is 3. The standard InChI is InChI=1S/C29H27N/c1-4-30(28-17-11-9-14-23(28)21-12-6-5-7-13-21)22-18-19-25-24-15-8-10-16-26(24)29(2,3)27(25)20-22/h5-20H,4H2,1-3H3. The van der Waals surface area contributed by atoms with E-state index in [4.69, 9.17) is 0 Å². The maximum absolute atomic E-state index is 2.43. The molecule has 0 saturated carbocycles. The summed E-state index contributed by atoms with van der Waals surface area (Å²) in [4.78, 5) is 2.43. The van der Waals surface area contributed by atoms with Crippen LogP contribution in [0.3, 0.4) is 0 Å². The summed E-state index contributed by atoms with van der Waals surface area (Å²) in [6.45, 7) is 7.83. The molecule has 1 heteroatoms. The molecular weight excluding hydrogens is 362 g/mol. The molecule has 0 aromatic heterocycles. The zero-order valence-corrected chi connectivity index (χ0v) is 17.9. The van der Waals surface area contributed by atoms with Crippen LogP contribution in [0.15, 0.2) is 97.1 Å². The number of hydrogen-bond donors (Lipinski definition) is 0. The van der Waals surface area contributed by atoms with Crippen molar-refractivity contribution in [3.05, 3.63) is 108 Å². The summed E-state index contributed by atoms with van der Waals surface area (Å²) in [5.41, 5.74) is 10.6. The second-order valence-corrected chi connectivity index (χ2v) is 8.53. The molecule has 0 heterocycles. The van der Waals surface area contributed by atoms with E-state index in [2.05, 4.69) is 123 Å². The van der Waals surface area contributed by atoms with Gasteiger partial charge in [0.1, 0.15) is 0 Å². The van der Waals surface area contributed by atoms with Gasteiger partial charge in [-0.25, -0.2) is 0 Å². The minimum Gasteiger partial charge on any atom is -0.341 e. The third-order valence-electron chi connectivity index (χ3n) is 6.47. The normalized spacial score (nSPS) is 13.6. The van der Waals surface area contributed by atoms with E-state index in [0.29, 0.717) is 0 Å². The van der Waals surface area contributed by atoms with Gasteiger partial charge in [-0.05, 0) is 52.9 Å². The summed E-state index contributed by atoms with van der Waals surface area (Å²) in [6.07, 6.45) is 0. The Morgan fingerprint density at radius 2 is 1.27 bits per heavy atom. The van der Waals surface area contributed by atoms with Gasteiger partial charge in [-0.3, -0.25) is 0 Å². The molecule has 148 valence electrons. The van der Waals surface area contributed by atoms with E-state index in [1.54, 1.807) is 0 Å². The van der Waals surface area contributed by atoms with Crippen molar-refractivity contribution < 1.29 is 0 Å². The molecular formula is C29H27N. The highest BCUT2D eigenvalue weighted by atomic mass is 15.1. The van der Waals surface area contributed by atoms with Gasteiger partial charge in [0.25, 0.3) is 0 Å². The molecule has 0 atom stereocenters. The molecule has 0 unspecified atom stereocenters. The van der Waals surface area contributed by atoms with E-state index >= 15 is 0 Å². The molecule has 30 heavy (non-hydrogen) atoms. The lowest BCUT2D eigenvalue weighted by molar-refractivity contribution is 0.660. The minimum absolute atomic E-state index is 0.0142. The van der Waals surface area contributed by atoms with Crippen LogP contribution in [0.2, 0.25) is 0 Å². The molecule has 4 aromatic carbocycles. The summed E-state index contributed by atoms with van der Waals surface area (Å²) in [5.74, 6) is 0. The van der Waals surface area contributed by atoms with Crippen molar-refractivity contribution in [2.24, 2.45) is 0 Å². The summed E-state index contributed by atoms with van der Waals surface area (Å²) in [6, 6.07) is 35.2. The first kappa shape index (κ1) is 18.7. The van der Waals surface area contributed by atoms with Crippen LogP contribution in [0.5, 0.6) is 0 Å². The lowest BCUT2D eigenvalue weighted by atomic mass is 9.82. The predicted octanol–water partition coefficient (Wildman–Crippen LogP) is 7.82. The van der Waals surface area contributed by atoms with Gasteiger partial charge in [-0.15, -0.1) is 0 Å². The average molecular weight is 390 g/mol. The third kappa shape index (κ3) is 2.85. The Labute approximate surface area is 179 Å². The van der Waals surface area contributed by atoms with Gasteiger partial charge in [0.05, 0.1) is 0 Å². The molecule has 4 aromatic rings. The Morgan fingerprint density at radius 1 is 0.633 bits per heavy atom. The van der Waals surface area contributed by atoms with Crippen LogP contribution in [0.25, 0.3) is 22.3 Å². The van der Waals surface area contributed by atoms with Crippen molar-refractivity contribution in [2.75, 3.05) is 11.4 Å². The monoisotopic (exact) mass is 389 g/mol. The first-order valence-corrected chi connectivity index (χ1v) is 10.8. The van der Waals surface area contributed by atoms with Crippen molar-refractivity contribution in [2.45, 2.75) is 26.2 Å². The molecule has 5 rings (SSSR count).